The van der Waals surface area contributed by atoms with Crippen LogP contribution in [0.2, 0.25) is 0 Å². The minimum atomic E-state index is 0.515. The molecular weight excluding hydrogens is 198 g/mol. The van der Waals surface area contributed by atoms with Gasteiger partial charge in [0.05, 0.1) is 5.69 Å². The highest BCUT2D eigenvalue weighted by Crippen LogP contribution is 2.21. The quantitative estimate of drug-likeness (QED) is 0.802. The molecule has 0 aromatic carbocycles. The van der Waals surface area contributed by atoms with Gasteiger partial charge in [-0.3, -0.25) is 4.68 Å². The van der Waals surface area contributed by atoms with E-state index in [0.29, 0.717) is 11.8 Å². The molecule has 0 aliphatic rings. The largest absolute Gasteiger partial charge is 0.316 e. The summed E-state index contributed by atoms with van der Waals surface area (Å²) in [5.74, 6) is 1.85. The zero-order chi connectivity index (χ0) is 12.1. The van der Waals surface area contributed by atoms with Crippen molar-refractivity contribution in [3.05, 3.63) is 18.0 Å². The van der Waals surface area contributed by atoms with Crippen LogP contribution < -0.4 is 5.32 Å². The Labute approximate surface area is 99.2 Å². The Bertz CT molecular complexity index is 304. The predicted molar refractivity (Wildman–Crippen MR) is 68.5 cm³/mol. The number of hydrogen-bond donors (Lipinski definition) is 1. The van der Waals surface area contributed by atoms with Crippen LogP contribution in [-0.2, 0) is 7.05 Å². The lowest BCUT2D eigenvalue weighted by Crippen LogP contribution is -2.27. The van der Waals surface area contributed by atoms with Crippen LogP contribution in [0.5, 0.6) is 0 Å². The summed E-state index contributed by atoms with van der Waals surface area (Å²) in [4.78, 5) is 0. The van der Waals surface area contributed by atoms with E-state index in [0.717, 1.165) is 19.0 Å². The van der Waals surface area contributed by atoms with Crippen LogP contribution in [0.1, 0.15) is 39.3 Å². The van der Waals surface area contributed by atoms with Crippen molar-refractivity contribution in [3.8, 4) is 0 Å². The number of aromatic nitrogens is 2. The van der Waals surface area contributed by atoms with Gasteiger partial charge in [-0.05, 0) is 31.0 Å². The first kappa shape index (κ1) is 13.2. The van der Waals surface area contributed by atoms with Crippen LogP contribution in [0.15, 0.2) is 12.3 Å². The Morgan fingerprint density at radius 1 is 1.25 bits per heavy atom. The maximum Gasteiger partial charge on any atom is 0.0655 e. The van der Waals surface area contributed by atoms with Crippen molar-refractivity contribution < 1.29 is 0 Å². The lowest BCUT2D eigenvalue weighted by atomic mass is 9.93. The average molecular weight is 223 g/mol. The Hall–Kier alpha value is -0.830. The van der Waals surface area contributed by atoms with Crippen molar-refractivity contribution in [2.45, 2.75) is 33.6 Å². The molecule has 1 aromatic heterocycles. The summed E-state index contributed by atoms with van der Waals surface area (Å²) in [6, 6.07) is 2.11. The molecule has 0 bridgehead atoms. The zero-order valence-corrected chi connectivity index (χ0v) is 11.2. The van der Waals surface area contributed by atoms with Gasteiger partial charge in [-0.2, -0.15) is 5.10 Å². The second kappa shape index (κ2) is 6.04. The van der Waals surface area contributed by atoms with Crippen LogP contribution in [0.3, 0.4) is 0 Å². The summed E-state index contributed by atoms with van der Waals surface area (Å²) in [5.41, 5.74) is 1.20. The summed E-state index contributed by atoms with van der Waals surface area (Å²) in [7, 11) is 1.97. The number of hydrogen-bond acceptors (Lipinski definition) is 2. The van der Waals surface area contributed by atoms with Gasteiger partial charge in [-0.15, -0.1) is 0 Å². The smallest absolute Gasteiger partial charge is 0.0655 e. The van der Waals surface area contributed by atoms with Crippen molar-refractivity contribution in [2.24, 2.45) is 18.9 Å². The molecule has 2 atom stereocenters. The molecule has 0 aliphatic carbocycles. The molecule has 2 unspecified atom stereocenters. The molecule has 3 heteroatoms. The molecule has 0 spiro atoms. The van der Waals surface area contributed by atoms with E-state index >= 15 is 0 Å². The molecule has 92 valence electrons. The molecule has 0 saturated heterocycles. The van der Waals surface area contributed by atoms with Crippen molar-refractivity contribution in [1.82, 2.24) is 15.1 Å². The van der Waals surface area contributed by atoms with E-state index in [1.807, 2.05) is 17.9 Å². The summed E-state index contributed by atoms with van der Waals surface area (Å²) < 4.78 is 1.88. The Morgan fingerprint density at radius 2 is 1.94 bits per heavy atom. The van der Waals surface area contributed by atoms with E-state index in [1.54, 1.807) is 0 Å². The van der Waals surface area contributed by atoms with Crippen LogP contribution in [0.25, 0.3) is 0 Å². The van der Waals surface area contributed by atoms with E-state index in [9.17, 15) is 0 Å². The highest BCUT2D eigenvalue weighted by atomic mass is 15.2. The van der Waals surface area contributed by atoms with E-state index in [4.69, 9.17) is 0 Å². The molecule has 0 fully saturated rings. The molecular formula is C13H25N3. The van der Waals surface area contributed by atoms with Crippen molar-refractivity contribution in [1.29, 1.82) is 0 Å². The SMILES string of the molecule is CC(C)CNCC(C)C(C)c1ccn(C)n1. The van der Waals surface area contributed by atoms with Crippen LogP contribution in [0.4, 0.5) is 0 Å². The highest BCUT2D eigenvalue weighted by Gasteiger charge is 2.16. The van der Waals surface area contributed by atoms with Gasteiger partial charge in [0.25, 0.3) is 0 Å². The summed E-state index contributed by atoms with van der Waals surface area (Å²) >= 11 is 0. The molecule has 1 N–H and O–H groups in total. The number of nitrogens with zero attached hydrogens (tertiary/aromatic N) is 2. The van der Waals surface area contributed by atoms with Crippen LogP contribution in [0, 0.1) is 11.8 Å². The summed E-state index contributed by atoms with van der Waals surface area (Å²) in [6.07, 6.45) is 2.01. The average Bonchev–Trinajstić information content (AvgIpc) is 2.63. The minimum absolute atomic E-state index is 0.515. The summed E-state index contributed by atoms with van der Waals surface area (Å²) in [6.45, 7) is 11.2. The minimum Gasteiger partial charge on any atom is -0.316 e. The Balaban J connectivity index is 2.38. The van der Waals surface area contributed by atoms with Gasteiger partial charge in [0, 0.05) is 19.2 Å². The Morgan fingerprint density at radius 3 is 2.44 bits per heavy atom. The van der Waals surface area contributed by atoms with Gasteiger partial charge < -0.3 is 5.32 Å². The molecule has 0 amide bonds. The van der Waals surface area contributed by atoms with Gasteiger partial charge in [0.15, 0.2) is 0 Å². The molecule has 1 heterocycles. The first-order valence-corrected chi connectivity index (χ1v) is 6.21. The number of aryl methyl sites for hydroxylation is 1. The van der Waals surface area contributed by atoms with E-state index in [1.165, 1.54) is 5.69 Å². The van der Waals surface area contributed by atoms with Gasteiger partial charge in [-0.25, -0.2) is 0 Å². The maximum absolute atomic E-state index is 4.46. The fourth-order valence-corrected chi connectivity index (χ4v) is 1.74. The van der Waals surface area contributed by atoms with Crippen molar-refractivity contribution >= 4 is 0 Å². The highest BCUT2D eigenvalue weighted by molar-refractivity contribution is 5.06. The lowest BCUT2D eigenvalue weighted by Gasteiger charge is -2.19. The van der Waals surface area contributed by atoms with Gasteiger partial charge in [0.2, 0.25) is 0 Å². The van der Waals surface area contributed by atoms with Crippen molar-refractivity contribution in [3.63, 3.8) is 0 Å². The van der Waals surface area contributed by atoms with Crippen molar-refractivity contribution in [2.75, 3.05) is 13.1 Å². The number of rotatable bonds is 6. The first-order valence-electron chi connectivity index (χ1n) is 6.21. The molecule has 0 saturated carbocycles. The van der Waals surface area contributed by atoms with Crippen LogP contribution in [-0.4, -0.2) is 22.9 Å². The standard InChI is InChI=1S/C13H25N3/c1-10(2)8-14-9-11(3)12(4)13-6-7-16(5)15-13/h6-7,10-12,14H,8-9H2,1-5H3. The van der Waals surface area contributed by atoms with Gasteiger partial charge in [0.1, 0.15) is 0 Å². The van der Waals surface area contributed by atoms with E-state index < -0.39 is 0 Å². The number of nitrogens with one attached hydrogen (secondary N) is 1. The lowest BCUT2D eigenvalue weighted by molar-refractivity contribution is 0.421. The molecule has 3 nitrogen and oxygen atoms in total. The molecule has 1 rings (SSSR count). The second-order valence-corrected chi connectivity index (χ2v) is 5.23. The maximum atomic E-state index is 4.46. The monoisotopic (exact) mass is 223 g/mol. The third-order valence-corrected chi connectivity index (χ3v) is 3.07. The van der Waals surface area contributed by atoms with Crippen LogP contribution >= 0.6 is 0 Å². The zero-order valence-electron chi connectivity index (χ0n) is 11.2. The molecule has 1 aromatic rings. The summed E-state index contributed by atoms with van der Waals surface area (Å²) in [5, 5.41) is 7.97. The third kappa shape index (κ3) is 3.97. The van der Waals surface area contributed by atoms with Gasteiger partial charge in [-0.1, -0.05) is 27.7 Å². The Kier molecular flexibility index (Phi) is 5.00. The third-order valence-electron chi connectivity index (χ3n) is 3.07. The second-order valence-electron chi connectivity index (χ2n) is 5.23. The molecule has 16 heavy (non-hydrogen) atoms. The first-order chi connectivity index (χ1) is 7.50. The fourth-order valence-electron chi connectivity index (χ4n) is 1.74. The normalized spacial score (nSPS) is 15.4. The van der Waals surface area contributed by atoms with E-state index in [2.05, 4.69) is 44.2 Å². The molecule has 0 radical (unpaired) electrons. The fraction of sp³-hybridized carbons (Fsp3) is 0.769. The predicted octanol–water partition coefficient (Wildman–Crippen LogP) is 2.41. The van der Waals surface area contributed by atoms with Gasteiger partial charge >= 0.3 is 0 Å². The molecule has 0 aliphatic heterocycles. The topological polar surface area (TPSA) is 29.9 Å². The van der Waals surface area contributed by atoms with E-state index in [-0.39, 0.29) is 0 Å².